The number of fused-ring (bicyclic) bond motifs is 1. The van der Waals surface area contributed by atoms with Gasteiger partial charge in [0.2, 0.25) is 5.91 Å². The van der Waals surface area contributed by atoms with E-state index >= 15 is 0 Å². The Morgan fingerprint density at radius 1 is 1.32 bits per heavy atom. The molecular formula is C23H22ClN5O2. The van der Waals surface area contributed by atoms with Gasteiger partial charge in [-0.05, 0) is 43.2 Å². The number of anilines is 2. The van der Waals surface area contributed by atoms with Crippen LogP contribution in [0.4, 0.5) is 11.5 Å². The molecule has 4 rings (SSSR count). The number of amides is 2. The van der Waals surface area contributed by atoms with Crippen molar-refractivity contribution in [3.8, 4) is 11.3 Å². The van der Waals surface area contributed by atoms with Crippen LogP contribution in [0.15, 0.2) is 55.1 Å². The summed E-state index contributed by atoms with van der Waals surface area (Å²) in [5.41, 5.74) is 9.78. The van der Waals surface area contributed by atoms with Crippen molar-refractivity contribution in [1.82, 2.24) is 9.78 Å². The van der Waals surface area contributed by atoms with Crippen molar-refractivity contribution in [2.45, 2.75) is 19.4 Å². The van der Waals surface area contributed by atoms with Crippen LogP contribution >= 0.6 is 11.6 Å². The topological polar surface area (TPSA) is 102 Å². The summed E-state index contributed by atoms with van der Waals surface area (Å²) in [7, 11) is 0. The zero-order valence-electron chi connectivity index (χ0n) is 17.0. The monoisotopic (exact) mass is 435 g/mol. The molecule has 0 spiro atoms. The Morgan fingerprint density at radius 3 is 2.81 bits per heavy atom. The molecule has 0 radical (unpaired) electrons. The smallest absolute Gasteiger partial charge is 0.254 e. The first-order chi connectivity index (χ1) is 14.9. The van der Waals surface area contributed by atoms with Gasteiger partial charge in [-0.2, -0.15) is 5.10 Å². The molecule has 1 aliphatic heterocycles. The number of halogens is 1. The number of para-hydroxylation sites is 1. The maximum absolute atomic E-state index is 12.4. The summed E-state index contributed by atoms with van der Waals surface area (Å²) in [5.74, 6) is -0.293. The first-order valence-corrected chi connectivity index (χ1v) is 10.2. The molecule has 7 nitrogen and oxygen atoms in total. The number of hydrogen-bond acceptors (Lipinski definition) is 4. The van der Waals surface area contributed by atoms with Crippen LogP contribution in [0, 0.1) is 6.92 Å². The fraction of sp³-hybridized carbons (Fsp3) is 0.174. The number of hydrogen-bond donors (Lipinski definition) is 3. The second kappa shape index (κ2) is 8.28. The highest BCUT2D eigenvalue weighted by Gasteiger charge is 2.31. The Morgan fingerprint density at radius 2 is 2.10 bits per heavy atom. The molecule has 1 atom stereocenters. The van der Waals surface area contributed by atoms with Crippen molar-refractivity contribution in [1.29, 1.82) is 0 Å². The molecule has 0 saturated heterocycles. The van der Waals surface area contributed by atoms with E-state index in [1.807, 2.05) is 43.3 Å². The van der Waals surface area contributed by atoms with Crippen molar-refractivity contribution in [2.24, 2.45) is 5.73 Å². The van der Waals surface area contributed by atoms with Crippen molar-refractivity contribution >= 4 is 34.9 Å². The lowest BCUT2D eigenvalue weighted by molar-refractivity contribution is -0.111. The minimum absolute atomic E-state index is 0.196. The number of benzene rings is 2. The van der Waals surface area contributed by atoms with Gasteiger partial charge in [0.25, 0.3) is 5.91 Å². The van der Waals surface area contributed by atoms with E-state index in [2.05, 4.69) is 17.2 Å². The van der Waals surface area contributed by atoms with Gasteiger partial charge in [0.05, 0.1) is 6.04 Å². The number of rotatable bonds is 5. The lowest BCUT2D eigenvalue weighted by atomic mass is 9.99. The molecule has 4 N–H and O–H groups in total. The highest BCUT2D eigenvalue weighted by Crippen LogP contribution is 2.39. The van der Waals surface area contributed by atoms with Gasteiger partial charge in [0.1, 0.15) is 17.1 Å². The molecule has 2 heterocycles. The molecule has 1 unspecified atom stereocenters. The van der Waals surface area contributed by atoms with Crippen LogP contribution < -0.4 is 16.4 Å². The minimum Gasteiger partial charge on any atom is -0.369 e. The third-order valence-electron chi connectivity index (χ3n) is 5.36. The number of nitrogens with two attached hydrogens (primary N) is 1. The minimum atomic E-state index is -0.565. The van der Waals surface area contributed by atoms with Gasteiger partial charge < -0.3 is 16.4 Å². The molecule has 3 aromatic rings. The average molecular weight is 436 g/mol. The SMILES string of the molecule is C=CC(=O)Nc1ccccc1C1CCNc2c(C(N)=O)c(-c3ccc(Cl)c(C)c3)nn21. The number of nitrogens with one attached hydrogen (secondary N) is 2. The lowest BCUT2D eigenvalue weighted by Crippen LogP contribution is -2.27. The number of nitrogens with zero attached hydrogens (tertiary/aromatic N) is 2. The van der Waals surface area contributed by atoms with E-state index in [9.17, 15) is 9.59 Å². The first-order valence-electron chi connectivity index (χ1n) is 9.85. The highest BCUT2D eigenvalue weighted by atomic mass is 35.5. The molecule has 158 valence electrons. The molecule has 0 fully saturated rings. The Bertz CT molecular complexity index is 1200. The van der Waals surface area contributed by atoms with Crippen molar-refractivity contribution in [3.05, 3.63) is 76.8 Å². The molecular weight excluding hydrogens is 414 g/mol. The predicted molar refractivity (Wildman–Crippen MR) is 122 cm³/mol. The van der Waals surface area contributed by atoms with Crippen LogP contribution in [-0.4, -0.2) is 28.1 Å². The Labute approximate surface area is 184 Å². The molecule has 31 heavy (non-hydrogen) atoms. The maximum Gasteiger partial charge on any atom is 0.254 e. The average Bonchev–Trinajstić information content (AvgIpc) is 3.16. The summed E-state index contributed by atoms with van der Waals surface area (Å²) in [6.07, 6.45) is 1.94. The van der Waals surface area contributed by atoms with Crippen molar-refractivity contribution in [2.75, 3.05) is 17.2 Å². The van der Waals surface area contributed by atoms with E-state index in [-0.39, 0.29) is 11.9 Å². The van der Waals surface area contributed by atoms with Gasteiger partial charge in [0.15, 0.2) is 0 Å². The Hall–Kier alpha value is -3.58. The fourth-order valence-corrected chi connectivity index (χ4v) is 4.00. The summed E-state index contributed by atoms with van der Waals surface area (Å²) in [6, 6.07) is 12.8. The molecule has 1 aromatic heterocycles. The van der Waals surface area contributed by atoms with Crippen LogP contribution in [0.25, 0.3) is 11.3 Å². The molecule has 2 aromatic carbocycles. The van der Waals surface area contributed by atoms with E-state index in [4.69, 9.17) is 22.4 Å². The highest BCUT2D eigenvalue weighted by molar-refractivity contribution is 6.31. The molecule has 2 amide bonds. The summed E-state index contributed by atoms with van der Waals surface area (Å²) in [6.45, 7) is 6.03. The zero-order valence-corrected chi connectivity index (χ0v) is 17.7. The number of aryl methyl sites for hydroxylation is 1. The van der Waals surface area contributed by atoms with Gasteiger partial charge in [-0.1, -0.05) is 42.4 Å². The lowest BCUT2D eigenvalue weighted by Gasteiger charge is -2.28. The van der Waals surface area contributed by atoms with Crippen LogP contribution in [-0.2, 0) is 4.79 Å². The van der Waals surface area contributed by atoms with Crippen LogP contribution in [0.3, 0.4) is 0 Å². The van der Waals surface area contributed by atoms with E-state index in [0.29, 0.717) is 40.8 Å². The van der Waals surface area contributed by atoms with Gasteiger partial charge in [-0.15, -0.1) is 0 Å². The standard InChI is InChI=1S/C23H22ClN5O2/c1-3-19(30)27-17-7-5-4-6-15(17)18-10-11-26-23-20(22(25)31)21(28-29(18)23)14-8-9-16(24)13(2)12-14/h3-9,12,18,26H,1,10-11H2,2H3,(H2,25,31)(H,27,30). The second-order valence-corrected chi connectivity index (χ2v) is 7.76. The molecule has 0 saturated carbocycles. The van der Waals surface area contributed by atoms with Crippen molar-refractivity contribution in [3.63, 3.8) is 0 Å². The van der Waals surface area contributed by atoms with E-state index in [1.165, 1.54) is 6.08 Å². The summed E-state index contributed by atoms with van der Waals surface area (Å²) < 4.78 is 1.78. The summed E-state index contributed by atoms with van der Waals surface area (Å²) in [4.78, 5) is 24.3. The molecule has 1 aliphatic rings. The second-order valence-electron chi connectivity index (χ2n) is 7.36. The zero-order chi connectivity index (χ0) is 22.1. The van der Waals surface area contributed by atoms with E-state index in [1.54, 1.807) is 10.7 Å². The van der Waals surface area contributed by atoms with Gasteiger partial charge >= 0.3 is 0 Å². The number of carbonyl (C=O) groups is 2. The van der Waals surface area contributed by atoms with Crippen LogP contribution in [0.5, 0.6) is 0 Å². The fourth-order valence-electron chi connectivity index (χ4n) is 3.88. The first kappa shape index (κ1) is 20.7. The maximum atomic E-state index is 12.4. The summed E-state index contributed by atoms with van der Waals surface area (Å²) >= 11 is 6.17. The third-order valence-corrected chi connectivity index (χ3v) is 5.78. The van der Waals surface area contributed by atoms with Gasteiger partial charge in [-0.25, -0.2) is 4.68 Å². The molecule has 8 heteroatoms. The predicted octanol–water partition coefficient (Wildman–Crippen LogP) is 4.14. The van der Waals surface area contributed by atoms with Crippen molar-refractivity contribution < 1.29 is 9.59 Å². The number of primary amides is 1. The number of carbonyl (C=O) groups excluding carboxylic acids is 2. The third kappa shape index (κ3) is 3.80. The van der Waals surface area contributed by atoms with Crippen LogP contribution in [0.2, 0.25) is 5.02 Å². The molecule has 0 bridgehead atoms. The Balaban J connectivity index is 1.87. The quantitative estimate of drug-likeness (QED) is 0.524. The molecule has 0 aliphatic carbocycles. The Kier molecular flexibility index (Phi) is 5.52. The van der Waals surface area contributed by atoms with Gasteiger partial charge in [-0.3, -0.25) is 9.59 Å². The summed E-state index contributed by atoms with van der Waals surface area (Å²) in [5, 5.41) is 11.5. The van der Waals surface area contributed by atoms with E-state index < -0.39 is 5.91 Å². The van der Waals surface area contributed by atoms with Crippen LogP contribution in [0.1, 0.15) is 33.9 Å². The van der Waals surface area contributed by atoms with Gasteiger partial charge in [0, 0.05) is 28.4 Å². The normalized spacial score (nSPS) is 15.0. The van der Waals surface area contributed by atoms with E-state index in [0.717, 1.165) is 16.7 Å². The largest absolute Gasteiger partial charge is 0.369 e. The number of aromatic nitrogens is 2.